The third-order valence-corrected chi connectivity index (χ3v) is 3.87. The fourth-order valence-electron chi connectivity index (χ4n) is 2.70. The van der Waals surface area contributed by atoms with Crippen molar-refractivity contribution in [1.29, 1.82) is 0 Å². The van der Waals surface area contributed by atoms with Crippen LogP contribution in [-0.4, -0.2) is 18.8 Å². The second kappa shape index (κ2) is 8.70. The van der Waals surface area contributed by atoms with Crippen LogP contribution in [0, 0.1) is 5.82 Å². The molecule has 0 bridgehead atoms. The highest BCUT2D eigenvalue weighted by Gasteiger charge is 2.17. The molecule has 0 aliphatic carbocycles. The van der Waals surface area contributed by atoms with Crippen molar-refractivity contribution >= 4 is 6.09 Å². The molecule has 0 saturated carbocycles. The van der Waals surface area contributed by atoms with Crippen LogP contribution in [0.15, 0.2) is 42.5 Å². The van der Waals surface area contributed by atoms with Crippen LogP contribution >= 0.6 is 0 Å². The van der Waals surface area contributed by atoms with Crippen LogP contribution < -0.4 is 10.1 Å². The van der Waals surface area contributed by atoms with Gasteiger partial charge in [0.2, 0.25) is 0 Å². The van der Waals surface area contributed by atoms with E-state index in [1.807, 2.05) is 30.3 Å². The van der Waals surface area contributed by atoms with Gasteiger partial charge in [0.25, 0.3) is 0 Å². The lowest BCUT2D eigenvalue weighted by Crippen LogP contribution is -2.32. The summed E-state index contributed by atoms with van der Waals surface area (Å²) in [5.41, 5.74) is 1.78. The van der Waals surface area contributed by atoms with E-state index in [0.29, 0.717) is 18.4 Å². The summed E-state index contributed by atoms with van der Waals surface area (Å²) in [7, 11) is 1.62. The highest BCUT2D eigenvalue weighted by atomic mass is 19.1. The molecule has 1 amide bonds. The third kappa shape index (κ3) is 5.76. The Hall–Kier alpha value is -2.56. The lowest BCUT2D eigenvalue weighted by atomic mass is 9.98. The van der Waals surface area contributed by atoms with Crippen LogP contribution in [0.1, 0.15) is 37.5 Å². The van der Waals surface area contributed by atoms with Gasteiger partial charge in [-0.3, -0.25) is 0 Å². The SMILES string of the molecule is COc1ccccc1CCc1c(F)cccc1CNC(=O)OC(C)(C)C. The molecule has 0 aromatic heterocycles. The molecule has 0 spiro atoms. The van der Waals surface area contributed by atoms with Crippen molar-refractivity contribution < 1.29 is 18.7 Å². The van der Waals surface area contributed by atoms with Gasteiger partial charge in [0.05, 0.1) is 7.11 Å². The summed E-state index contributed by atoms with van der Waals surface area (Å²) < 4.78 is 24.9. The number of carbonyl (C=O) groups is 1. The van der Waals surface area contributed by atoms with Crippen LogP contribution in [0.25, 0.3) is 0 Å². The highest BCUT2D eigenvalue weighted by molar-refractivity contribution is 5.67. The minimum atomic E-state index is -0.571. The lowest BCUT2D eigenvalue weighted by molar-refractivity contribution is 0.0523. The summed E-state index contributed by atoms with van der Waals surface area (Å²) in [6, 6.07) is 12.6. The van der Waals surface area contributed by atoms with Crippen molar-refractivity contribution in [2.75, 3.05) is 7.11 Å². The van der Waals surface area contributed by atoms with Crippen LogP contribution in [-0.2, 0) is 24.1 Å². The number of amides is 1. The monoisotopic (exact) mass is 359 g/mol. The minimum Gasteiger partial charge on any atom is -0.496 e. The molecule has 2 aromatic rings. The molecule has 1 N–H and O–H groups in total. The number of hydrogen-bond donors (Lipinski definition) is 1. The van der Waals surface area contributed by atoms with E-state index >= 15 is 0 Å². The van der Waals surface area contributed by atoms with E-state index in [2.05, 4.69) is 5.32 Å². The van der Waals surface area contributed by atoms with Crippen molar-refractivity contribution in [3.8, 4) is 5.75 Å². The molecular weight excluding hydrogens is 333 g/mol. The van der Waals surface area contributed by atoms with Gasteiger partial charge < -0.3 is 14.8 Å². The standard InChI is InChI=1S/C21H26FNO3/c1-21(2,3)26-20(24)23-14-16-9-7-10-18(22)17(16)13-12-15-8-5-6-11-19(15)25-4/h5-11H,12-14H2,1-4H3,(H,23,24). The Bertz CT molecular complexity index is 753. The number of para-hydroxylation sites is 1. The summed E-state index contributed by atoms with van der Waals surface area (Å²) in [5.74, 6) is 0.514. The molecule has 0 unspecified atom stereocenters. The minimum absolute atomic E-state index is 0.216. The maximum Gasteiger partial charge on any atom is 0.407 e. The Morgan fingerprint density at radius 3 is 2.42 bits per heavy atom. The number of nitrogens with one attached hydrogen (secondary N) is 1. The Balaban J connectivity index is 2.08. The van der Waals surface area contributed by atoms with Gasteiger partial charge in [-0.2, -0.15) is 0 Å². The van der Waals surface area contributed by atoms with Crippen molar-refractivity contribution in [1.82, 2.24) is 5.32 Å². The fourth-order valence-corrected chi connectivity index (χ4v) is 2.70. The van der Waals surface area contributed by atoms with Crippen LogP contribution in [0.4, 0.5) is 9.18 Å². The summed E-state index contributed by atoms with van der Waals surface area (Å²) >= 11 is 0. The molecule has 2 rings (SSSR count). The molecule has 5 heteroatoms. The number of halogens is 1. The number of aryl methyl sites for hydroxylation is 1. The summed E-state index contributed by atoms with van der Waals surface area (Å²) in [6.07, 6.45) is 0.639. The Labute approximate surface area is 154 Å². The Kier molecular flexibility index (Phi) is 6.61. The van der Waals surface area contributed by atoms with Gasteiger partial charge in [0, 0.05) is 6.54 Å². The number of hydrogen-bond acceptors (Lipinski definition) is 3. The van der Waals surface area contributed by atoms with Gasteiger partial charge in [-0.05, 0) is 62.4 Å². The molecule has 26 heavy (non-hydrogen) atoms. The normalized spacial score (nSPS) is 11.1. The maximum absolute atomic E-state index is 14.4. The molecule has 0 radical (unpaired) electrons. The zero-order chi connectivity index (χ0) is 19.2. The molecule has 4 nitrogen and oxygen atoms in total. The Morgan fingerprint density at radius 1 is 1.04 bits per heavy atom. The predicted molar refractivity (Wildman–Crippen MR) is 99.9 cm³/mol. The van der Waals surface area contributed by atoms with E-state index in [1.165, 1.54) is 6.07 Å². The van der Waals surface area contributed by atoms with Crippen LogP contribution in [0.3, 0.4) is 0 Å². The Morgan fingerprint density at radius 2 is 1.73 bits per heavy atom. The number of benzene rings is 2. The maximum atomic E-state index is 14.4. The molecule has 2 aromatic carbocycles. The fraction of sp³-hybridized carbons (Fsp3) is 0.381. The average Bonchev–Trinajstić information content (AvgIpc) is 2.58. The van der Waals surface area contributed by atoms with Gasteiger partial charge in [0.1, 0.15) is 17.2 Å². The quantitative estimate of drug-likeness (QED) is 0.817. The zero-order valence-electron chi connectivity index (χ0n) is 15.8. The number of methoxy groups -OCH3 is 1. The first-order valence-electron chi connectivity index (χ1n) is 8.65. The van der Waals surface area contributed by atoms with Crippen LogP contribution in [0.5, 0.6) is 5.75 Å². The zero-order valence-corrected chi connectivity index (χ0v) is 15.8. The van der Waals surface area contributed by atoms with E-state index < -0.39 is 11.7 Å². The van der Waals surface area contributed by atoms with E-state index in [1.54, 1.807) is 33.9 Å². The first kappa shape index (κ1) is 19.8. The van der Waals surface area contributed by atoms with Gasteiger partial charge in [-0.15, -0.1) is 0 Å². The van der Waals surface area contributed by atoms with Gasteiger partial charge in [-0.1, -0.05) is 30.3 Å². The first-order chi connectivity index (χ1) is 12.3. The van der Waals surface area contributed by atoms with Crippen molar-refractivity contribution in [3.05, 3.63) is 65.0 Å². The summed E-state index contributed by atoms with van der Waals surface area (Å²) in [4.78, 5) is 11.8. The molecule has 140 valence electrons. The lowest BCUT2D eigenvalue weighted by Gasteiger charge is -2.20. The topological polar surface area (TPSA) is 47.6 Å². The first-order valence-corrected chi connectivity index (χ1v) is 8.65. The average molecular weight is 359 g/mol. The second-order valence-corrected chi connectivity index (χ2v) is 7.04. The highest BCUT2D eigenvalue weighted by Crippen LogP contribution is 2.22. The number of carbonyl (C=O) groups excluding carboxylic acids is 1. The molecule has 0 aliphatic rings. The molecule has 0 fully saturated rings. The van der Waals surface area contributed by atoms with E-state index in [-0.39, 0.29) is 12.4 Å². The van der Waals surface area contributed by atoms with E-state index in [9.17, 15) is 9.18 Å². The number of rotatable bonds is 6. The number of ether oxygens (including phenoxy) is 2. The van der Waals surface area contributed by atoms with Crippen molar-refractivity contribution in [2.45, 2.75) is 45.8 Å². The largest absolute Gasteiger partial charge is 0.496 e. The van der Waals surface area contributed by atoms with E-state index in [4.69, 9.17) is 9.47 Å². The predicted octanol–water partition coefficient (Wildman–Crippen LogP) is 4.64. The van der Waals surface area contributed by atoms with Gasteiger partial charge >= 0.3 is 6.09 Å². The third-order valence-electron chi connectivity index (χ3n) is 3.87. The summed E-state index contributed by atoms with van der Waals surface area (Å²) in [6.45, 7) is 5.61. The molecule has 0 saturated heterocycles. The molecule has 0 heterocycles. The van der Waals surface area contributed by atoms with E-state index in [0.717, 1.165) is 16.9 Å². The van der Waals surface area contributed by atoms with Gasteiger partial charge in [0.15, 0.2) is 0 Å². The smallest absolute Gasteiger partial charge is 0.407 e. The van der Waals surface area contributed by atoms with Gasteiger partial charge in [-0.25, -0.2) is 9.18 Å². The van der Waals surface area contributed by atoms with Crippen LogP contribution in [0.2, 0.25) is 0 Å². The van der Waals surface area contributed by atoms with Crippen molar-refractivity contribution in [2.24, 2.45) is 0 Å². The molecular formula is C21H26FNO3. The second-order valence-electron chi connectivity index (χ2n) is 7.04. The molecule has 0 aliphatic heterocycles. The summed E-state index contributed by atoms with van der Waals surface area (Å²) in [5, 5.41) is 2.69. The molecule has 0 atom stereocenters. The van der Waals surface area contributed by atoms with Crippen molar-refractivity contribution in [3.63, 3.8) is 0 Å². The number of alkyl carbamates (subject to hydrolysis) is 1.